The van der Waals surface area contributed by atoms with Gasteiger partial charge in [0.05, 0.1) is 12.5 Å². The lowest BCUT2D eigenvalue weighted by Gasteiger charge is -2.15. The Bertz CT molecular complexity index is 456. The maximum Gasteiger partial charge on any atom is 0.224 e. The average molecular weight is 261 g/mol. The first-order chi connectivity index (χ1) is 9.06. The first kappa shape index (κ1) is 14.1. The third kappa shape index (κ3) is 3.80. The molecule has 1 aromatic rings. The van der Waals surface area contributed by atoms with E-state index in [4.69, 9.17) is 0 Å². The molecule has 2 rings (SSSR count). The topological polar surface area (TPSA) is 49.3 Å². The van der Waals surface area contributed by atoms with Gasteiger partial charge >= 0.3 is 0 Å². The Kier molecular flexibility index (Phi) is 4.59. The Morgan fingerprint density at radius 1 is 1.32 bits per heavy atom. The standard InChI is InChI=1S/C16H23NO2/c1-11-6-7-13(8-12(11)2)9-16(19)17-10-14-4-3-5-15(14)18/h6-8,14-15,18H,3-5,9-10H2,1-2H3,(H,17,19). The van der Waals surface area contributed by atoms with Crippen LogP contribution < -0.4 is 5.32 Å². The highest BCUT2D eigenvalue weighted by Crippen LogP contribution is 2.24. The molecule has 3 heteroatoms. The highest BCUT2D eigenvalue weighted by molar-refractivity contribution is 5.78. The van der Waals surface area contributed by atoms with Crippen molar-refractivity contribution >= 4 is 5.91 Å². The van der Waals surface area contributed by atoms with Crippen molar-refractivity contribution in [2.75, 3.05) is 6.54 Å². The summed E-state index contributed by atoms with van der Waals surface area (Å²) in [5, 5.41) is 12.6. The molecular weight excluding hydrogens is 238 g/mol. The van der Waals surface area contributed by atoms with Crippen molar-refractivity contribution in [3.05, 3.63) is 34.9 Å². The Morgan fingerprint density at radius 3 is 2.74 bits per heavy atom. The summed E-state index contributed by atoms with van der Waals surface area (Å²) in [6.45, 7) is 4.73. The van der Waals surface area contributed by atoms with Crippen LogP contribution in [0.5, 0.6) is 0 Å². The van der Waals surface area contributed by atoms with E-state index >= 15 is 0 Å². The lowest BCUT2D eigenvalue weighted by molar-refractivity contribution is -0.120. The van der Waals surface area contributed by atoms with Gasteiger partial charge in [-0.05, 0) is 43.4 Å². The molecule has 0 aromatic heterocycles. The fraction of sp³-hybridized carbons (Fsp3) is 0.562. The number of rotatable bonds is 4. The summed E-state index contributed by atoms with van der Waals surface area (Å²) in [4.78, 5) is 11.9. The lowest BCUT2D eigenvalue weighted by Crippen LogP contribution is -2.33. The summed E-state index contributed by atoms with van der Waals surface area (Å²) in [7, 11) is 0. The van der Waals surface area contributed by atoms with Gasteiger partial charge in [0.1, 0.15) is 0 Å². The zero-order valence-corrected chi connectivity index (χ0v) is 11.8. The molecule has 1 aromatic carbocycles. The van der Waals surface area contributed by atoms with Crippen LogP contribution in [0.1, 0.15) is 36.0 Å². The van der Waals surface area contributed by atoms with E-state index in [1.165, 1.54) is 11.1 Å². The predicted octanol–water partition coefficient (Wildman–Crippen LogP) is 2.12. The summed E-state index contributed by atoms with van der Waals surface area (Å²) in [5.74, 6) is 0.283. The average Bonchev–Trinajstić information content (AvgIpc) is 2.77. The summed E-state index contributed by atoms with van der Waals surface area (Å²) < 4.78 is 0. The number of benzene rings is 1. The molecule has 0 aliphatic heterocycles. The number of aryl methyl sites for hydroxylation is 2. The van der Waals surface area contributed by atoms with Crippen molar-refractivity contribution in [2.24, 2.45) is 5.92 Å². The van der Waals surface area contributed by atoms with E-state index in [1.807, 2.05) is 6.07 Å². The van der Waals surface area contributed by atoms with Gasteiger partial charge in [-0.1, -0.05) is 24.6 Å². The van der Waals surface area contributed by atoms with E-state index < -0.39 is 0 Å². The minimum absolute atomic E-state index is 0.0438. The quantitative estimate of drug-likeness (QED) is 0.872. The molecule has 2 atom stereocenters. The fourth-order valence-electron chi connectivity index (χ4n) is 2.66. The molecule has 1 saturated carbocycles. The van der Waals surface area contributed by atoms with Crippen LogP contribution in [-0.4, -0.2) is 23.7 Å². The highest BCUT2D eigenvalue weighted by Gasteiger charge is 2.25. The first-order valence-corrected chi connectivity index (χ1v) is 7.07. The number of aliphatic hydroxyl groups is 1. The van der Waals surface area contributed by atoms with Crippen molar-refractivity contribution in [1.29, 1.82) is 0 Å². The zero-order chi connectivity index (χ0) is 13.8. The minimum Gasteiger partial charge on any atom is -0.393 e. The van der Waals surface area contributed by atoms with Crippen LogP contribution in [-0.2, 0) is 11.2 Å². The summed E-state index contributed by atoms with van der Waals surface area (Å²) in [6, 6.07) is 6.13. The Balaban J connectivity index is 1.82. The molecule has 1 aliphatic carbocycles. The van der Waals surface area contributed by atoms with Gasteiger partial charge in [-0.15, -0.1) is 0 Å². The number of amides is 1. The van der Waals surface area contributed by atoms with Gasteiger partial charge in [0.25, 0.3) is 0 Å². The maximum atomic E-state index is 11.9. The number of carbonyl (C=O) groups excluding carboxylic acids is 1. The van der Waals surface area contributed by atoms with Crippen LogP contribution in [0, 0.1) is 19.8 Å². The third-order valence-electron chi connectivity index (χ3n) is 4.12. The number of nitrogens with one attached hydrogen (secondary N) is 1. The largest absolute Gasteiger partial charge is 0.393 e. The van der Waals surface area contributed by atoms with Crippen molar-refractivity contribution in [2.45, 2.75) is 45.6 Å². The first-order valence-electron chi connectivity index (χ1n) is 7.07. The van der Waals surface area contributed by atoms with Crippen LogP contribution in [0.15, 0.2) is 18.2 Å². The van der Waals surface area contributed by atoms with Gasteiger partial charge in [-0.3, -0.25) is 4.79 Å². The fourth-order valence-corrected chi connectivity index (χ4v) is 2.66. The van der Waals surface area contributed by atoms with Crippen LogP contribution in [0.3, 0.4) is 0 Å². The molecule has 3 nitrogen and oxygen atoms in total. The van der Waals surface area contributed by atoms with E-state index in [9.17, 15) is 9.90 Å². The van der Waals surface area contributed by atoms with Crippen LogP contribution in [0.4, 0.5) is 0 Å². The van der Waals surface area contributed by atoms with Gasteiger partial charge in [-0.25, -0.2) is 0 Å². The van der Waals surface area contributed by atoms with E-state index in [0.717, 1.165) is 24.8 Å². The lowest BCUT2D eigenvalue weighted by atomic mass is 10.0. The summed E-state index contributed by atoms with van der Waals surface area (Å²) in [5.41, 5.74) is 3.52. The number of carbonyl (C=O) groups is 1. The minimum atomic E-state index is -0.234. The molecule has 0 bridgehead atoms. The van der Waals surface area contributed by atoms with Gasteiger partial charge in [0, 0.05) is 12.5 Å². The zero-order valence-electron chi connectivity index (χ0n) is 11.8. The van der Waals surface area contributed by atoms with E-state index in [1.54, 1.807) is 0 Å². The molecule has 1 aliphatic rings. The van der Waals surface area contributed by atoms with Gasteiger partial charge < -0.3 is 10.4 Å². The van der Waals surface area contributed by atoms with Crippen LogP contribution in [0.2, 0.25) is 0 Å². The molecule has 2 unspecified atom stereocenters. The Labute approximate surface area is 115 Å². The number of hydrogen-bond donors (Lipinski definition) is 2. The molecule has 0 heterocycles. The molecule has 0 radical (unpaired) electrons. The second-order valence-corrected chi connectivity index (χ2v) is 5.66. The van der Waals surface area contributed by atoms with E-state index in [-0.39, 0.29) is 17.9 Å². The Hall–Kier alpha value is -1.35. The van der Waals surface area contributed by atoms with Crippen molar-refractivity contribution in [3.63, 3.8) is 0 Å². The smallest absolute Gasteiger partial charge is 0.224 e. The van der Waals surface area contributed by atoms with Gasteiger partial charge in [-0.2, -0.15) is 0 Å². The van der Waals surface area contributed by atoms with Crippen LogP contribution in [0.25, 0.3) is 0 Å². The molecule has 1 amide bonds. The number of aliphatic hydroxyl groups excluding tert-OH is 1. The highest BCUT2D eigenvalue weighted by atomic mass is 16.3. The number of hydrogen-bond acceptors (Lipinski definition) is 2. The summed E-state index contributed by atoms with van der Waals surface area (Å²) in [6.07, 6.45) is 3.15. The molecule has 1 fully saturated rings. The second-order valence-electron chi connectivity index (χ2n) is 5.66. The normalized spacial score (nSPS) is 22.5. The van der Waals surface area contributed by atoms with Crippen molar-refractivity contribution in [3.8, 4) is 0 Å². The third-order valence-corrected chi connectivity index (χ3v) is 4.12. The SMILES string of the molecule is Cc1ccc(CC(=O)NCC2CCCC2O)cc1C. The molecule has 0 saturated heterocycles. The van der Waals surface area contributed by atoms with E-state index in [0.29, 0.717) is 13.0 Å². The van der Waals surface area contributed by atoms with Gasteiger partial charge in [0.15, 0.2) is 0 Å². The van der Waals surface area contributed by atoms with Crippen molar-refractivity contribution < 1.29 is 9.90 Å². The second kappa shape index (κ2) is 6.20. The predicted molar refractivity (Wildman–Crippen MR) is 76.0 cm³/mol. The maximum absolute atomic E-state index is 11.9. The molecule has 19 heavy (non-hydrogen) atoms. The van der Waals surface area contributed by atoms with Crippen molar-refractivity contribution in [1.82, 2.24) is 5.32 Å². The van der Waals surface area contributed by atoms with E-state index in [2.05, 4.69) is 31.3 Å². The summed E-state index contributed by atoms with van der Waals surface area (Å²) >= 11 is 0. The molecule has 2 N–H and O–H groups in total. The molecule has 104 valence electrons. The Morgan fingerprint density at radius 2 is 2.11 bits per heavy atom. The molecular formula is C16H23NO2. The van der Waals surface area contributed by atoms with Gasteiger partial charge in [0.2, 0.25) is 5.91 Å². The molecule has 0 spiro atoms. The monoisotopic (exact) mass is 261 g/mol. The van der Waals surface area contributed by atoms with Crippen LogP contribution >= 0.6 is 0 Å².